The first-order valence-corrected chi connectivity index (χ1v) is 9.87. The zero-order valence-electron chi connectivity index (χ0n) is 16.9. The summed E-state index contributed by atoms with van der Waals surface area (Å²) in [5.74, 6) is 0.0346. The van der Waals surface area contributed by atoms with Gasteiger partial charge >= 0.3 is 6.03 Å². The van der Waals surface area contributed by atoms with Crippen LogP contribution in [0.4, 0.5) is 15.0 Å². The second kappa shape index (κ2) is 10.5. The molecule has 9 heteroatoms. The number of aromatic nitrogens is 1. The van der Waals surface area contributed by atoms with E-state index in [4.69, 9.17) is 4.74 Å². The highest BCUT2D eigenvalue weighted by Gasteiger charge is 2.16. The van der Waals surface area contributed by atoms with Gasteiger partial charge in [-0.15, -0.1) is 0 Å². The molecule has 0 spiro atoms. The van der Waals surface area contributed by atoms with Gasteiger partial charge in [-0.1, -0.05) is 12.1 Å². The zero-order valence-corrected chi connectivity index (χ0v) is 16.9. The molecule has 0 unspecified atom stereocenters. The number of carbonyl (C=O) groups is 2. The summed E-state index contributed by atoms with van der Waals surface area (Å²) in [4.78, 5) is 30.7. The highest BCUT2D eigenvalue weighted by molar-refractivity contribution is 5.94. The molecule has 8 nitrogen and oxygen atoms in total. The van der Waals surface area contributed by atoms with Crippen LogP contribution in [0.3, 0.4) is 0 Å². The molecular formula is C21H26FN5O3. The van der Waals surface area contributed by atoms with Crippen LogP contribution < -0.4 is 20.9 Å². The molecule has 1 saturated heterocycles. The summed E-state index contributed by atoms with van der Waals surface area (Å²) in [5, 5.41) is 8.14. The van der Waals surface area contributed by atoms with Crippen LogP contribution in [-0.4, -0.2) is 56.3 Å². The Hall–Kier alpha value is -3.20. The molecular weight excluding hydrogens is 389 g/mol. The van der Waals surface area contributed by atoms with Crippen molar-refractivity contribution in [3.63, 3.8) is 0 Å². The van der Waals surface area contributed by atoms with E-state index < -0.39 is 5.82 Å². The number of amides is 3. The highest BCUT2D eigenvalue weighted by Crippen LogP contribution is 2.18. The fraction of sp³-hybridized carbons (Fsp3) is 0.381. The molecule has 1 aromatic carbocycles. The number of halogens is 1. The highest BCUT2D eigenvalue weighted by atomic mass is 19.1. The molecule has 160 valence electrons. The Kier molecular flexibility index (Phi) is 7.56. The van der Waals surface area contributed by atoms with Crippen molar-refractivity contribution in [2.75, 3.05) is 44.3 Å². The molecule has 0 aliphatic carbocycles. The van der Waals surface area contributed by atoms with Gasteiger partial charge in [-0.05, 0) is 30.7 Å². The van der Waals surface area contributed by atoms with E-state index in [0.29, 0.717) is 25.3 Å². The van der Waals surface area contributed by atoms with E-state index in [1.165, 1.54) is 6.07 Å². The van der Waals surface area contributed by atoms with Gasteiger partial charge in [-0.25, -0.2) is 14.2 Å². The number of urea groups is 1. The standard InChI is InChI=1S/C21H26FN5O3/c1-15-4-5-16(13-18(15)22)20(28)24-7-8-25-21(29)26-14-17-3-2-6-23-19(17)27-9-11-30-12-10-27/h2-6,13H,7-12,14H2,1H3,(H,24,28)(H2,25,26,29). The zero-order chi connectivity index (χ0) is 21.3. The number of nitrogens with one attached hydrogen (secondary N) is 3. The van der Waals surface area contributed by atoms with Gasteiger partial charge in [0.1, 0.15) is 11.6 Å². The number of pyridine rings is 1. The summed E-state index contributed by atoms with van der Waals surface area (Å²) in [6.07, 6.45) is 1.73. The smallest absolute Gasteiger partial charge is 0.315 e. The molecule has 3 rings (SSSR count). The van der Waals surface area contributed by atoms with Crippen molar-refractivity contribution >= 4 is 17.8 Å². The molecule has 2 aromatic rings. The Morgan fingerprint density at radius 1 is 1.13 bits per heavy atom. The van der Waals surface area contributed by atoms with Crippen molar-refractivity contribution in [2.45, 2.75) is 13.5 Å². The quantitative estimate of drug-likeness (QED) is 0.597. The summed E-state index contributed by atoms with van der Waals surface area (Å²) in [7, 11) is 0. The van der Waals surface area contributed by atoms with Gasteiger partial charge < -0.3 is 25.6 Å². The van der Waals surface area contributed by atoms with E-state index in [1.54, 1.807) is 25.3 Å². The van der Waals surface area contributed by atoms with Gasteiger partial charge in [0.15, 0.2) is 0 Å². The molecule has 0 radical (unpaired) electrons. The predicted octanol–water partition coefficient (Wildman–Crippen LogP) is 1.59. The number of nitrogens with zero attached hydrogens (tertiary/aromatic N) is 2. The van der Waals surface area contributed by atoms with Crippen LogP contribution in [0, 0.1) is 12.7 Å². The molecule has 2 heterocycles. The fourth-order valence-corrected chi connectivity index (χ4v) is 3.05. The first kappa shape index (κ1) is 21.5. The molecule has 3 amide bonds. The van der Waals surface area contributed by atoms with Crippen molar-refractivity contribution in [3.8, 4) is 0 Å². The minimum atomic E-state index is -0.424. The lowest BCUT2D eigenvalue weighted by Gasteiger charge is -2.29. The molecule has 1 aliphatic rings. The first-order chi connectivity index (χ1) is 14.5. The minimum Gasteiger partial charge on any atom is -0.378 e. The third-order valence-electron chi connectivity index (χ3n) is 4.75. The normalized spacial score (nSPS) is 13.6. The average Bonchev–Trinajstić information content (AvgIpc) is 2.77. The number of hydrogen-bond acceptors (Lipinski definition) is 5. The SMILES string of the molecule is Cc1ccc(C(=O)NCCNC(=O)NCc2cccnc2N2CCOCC2)cc1F. The van der Waals surface area contributed by atoms with Gasteiger partial charge in [0.2, 0.25) is 0 Å². The largest absolute Gasteiger partial charge is 0.378 e. The number of carbonyl (C=O) groups excluding carboxylic acids is 2. The van der Waals surface area contributed by atoms with Crippen molar-refractivity contribution in [1.82, 2.24) is 20.9 Å². The Morgan fingerprint density at radius 3 is 2.67 bits per heavy atom. The second-order valence-electron chi connectivity index (χ2n) is 6.91. The lowest BCUT2D eigenvalue weighted by Crippen LogP contribution is -2.41. The Labute approximate surface area is 174 Å². The average molecular weight is 415 g/mol. The lowest BCUT2D eigenvalue weighted by atomic mass is 10.1. The molecule has 1 aliphatic heterocycles. The molecule has 1 fully saturated rings. The summed E-state index contributed by atoms with van der Waals surface area (Å²) in [5.41, 5.74) is 1.65. The molecule has 0 atom stereocenters. The van der Waals surface area contributed by atoms with E-state index in [1.807, 2.05) is 12.1 Å². The monoisotopic (exact) mass is 415 g/mol. The van der Waals surface area contributed by atoms with Crippen molar-refractivity contribution in [1.29, 1.82) is 0 Å². The third kappa shape index (κ3) is 5.90. The van der Waals surface area contributed by atoms with Crippen LogP contribution in [-0.2, 0) is 11.3 Å². The van der Waals surface area contributed by atoms with Crippen molar-refractivity contribution in [2.24, 2.45) is 0 Å². The van der Waals surface area contributed by atoms with E-state index in [2.05, 4.69) is 25.8 Å². The molecule has 3 N–H and O–H groups in total. The van der Waals surface area contributed by atoms with E-state index in [-0.39, 0.29) is 30.6 Å². The van der Waals surface area contributed by atoms with E-state index in [9.17, 15) is 14.0 Å². The maximum atomic E-state index is 13.5. The van der Waals surface area contributed by atoms with Crippen LogP contribution in [0.2, 0.25) is 0 Å². The van der Waals surface area contributed by atoms with Crippen LogP contribution >= 0.6 is 0 Å². The van der Waals surface area contributed by atoms with Gasteiger partial charge in [-0.2, -0.15) is 0 Å². The van der Waals surface area contributed by atoms with Gasteiger partial charge in [0.05, 0.1) is 13.2 Å². The first-order valence-electron chi connectivity index (χ1n) is 9.87. The van der Waals surface area contributed by atoms with Crippen LogP contribution in [0.25, 0.3) is 0 Å². The number of rotatable bonds is 7. The van der Waals surface area contributed by atoms with E-state index in [0.717, 1.165) is 24.5 Å². The number of benzene rings is 1. The predicted molar refractivity (Wildman–Crippen MR) is 111 cm³/mol. The Bertz CT molecular complexity index is 887. The maximum Gasteiger partial charge on any atom is 0.315 e. The second-order valence-corrected chi connectivity index (χ2v) is 6.91. The number of ether oxygens (including phenoxy) is 1. The summed E-state index contributed by atoms with van der Waals surface area (Å²) >= 11 is 0. The van der Waals surface area contributed by atoms with E-state index >= 15 is 0 Å². The topological polar surface area (TPSA) is 95.6 Å². The van der Waals surface area contributed by atoms with Gasteiger partial charge in [-0.3, -0.25) is 4.79 Å². The number of aryl methyl sites for hydroxylation is 1. The van der Waals surface area contributed by atoms with Gasteiger partial charge in [0, 0.05) is 50.0 Å². The maximum absolute atomic E-state index is 13.5. The lowest BCUT2D eigenvalue weighted by molar-refractivity contribution is 0.0953. The summed E-state index contributed by atoms with van der Waals surface area (Å²) in [6, 6.07) is 7.74. The number of hydrogen-bond donors (Lipinski definition) is 3. The molecule has 1 aromatic heterocycles. The van der Waals surface area contributed by atoms with Crippen molar-refractivity contribution < 1.29 is 18.7 Å². The third-order valence-corrected chi connectivity index (χ3v) is 4.75. The molecule has 30 heavy (non-hydrogen) atoms. The molecule has 0 saturated carbocycles. The van der Waals surface area contributed by atoms with Crippen LogP contribution in [0.15, 0.2) is 36.5 Å². The minimum absolute atomic E-state index is 0.230. The Balaban J connectivity index is 1.40. The van der Waals surface area contributed by atoms with Crippen molar-refractivity contribution in [3.05, 3.63) is 59.0 Å². The summed E-state index contributed by atoms with van der Waals surface area (Å²) in [6.45, 7) is 5.29. The Morgan fingerprint density at radius 2 is 1.90 bits per heavy atom. The number of anilines is 1. The summed E-state index contributed by atoms with van der Waals surface area (Å²) < 4.78 is 18.9. The van der Waals surface area contributed by atoms with Crippen LogP contribution in [0.1, 0.15) is 21.5 Å². The fourth-order valence-electron chi connectivity index (χ4n) is 3.05. The van der Waals surface area contributed by atoms with Gasteiger partial charge in [0.25, 0.3) is 5.91 Å². The van der Waals surface area contributed by atoms with Crippen LogP contribution in [0.5, 0.6) is 0 Å². The molecule has 0 bridgehead atoms. The number of morpholine rings is 1.